The molecule has 3 aliphatic rings. The minimum atomic E-state index is 0.528. The first kappa shape index (κ1) is 6.44. The number of hydrogen-bond acceptors (Lipinski definition) is 2. The van der Waals surface area contributed by atoms with Gasteiger partial charge in [0.1, 0.15) is 0 Å². The van der Waals surface area contributed by atoms with E-state index < -0.39 is 0 Å². The molecular weight excluding hydrogens is 138 g/mol. The van der Waals surface area contributed by atoms with Crippen LogP contribution in [0.3, 0.4) is 0 Å². The van der Waals surface area contributed by atoms with E-state index in [0.717, 1.165) is 12.5 Å². The average molecular weight is 153 g/mol. The average Bonchev–Trinajstić information content (AvgIpc) is 2.55. The van der Waals surface area contributed by atoms with E-state index in [1.165, 1.54) is 38.6 Å². The van der Waals surface area contributed by atoms with Crippen LogP contribution in [0, 0.1) is 5.92 Å². The third-order valence-electron chi connectivity index (χ3n) is 3.82. The second kappa shape index (κ2) is 1.99. The molecule has 0 aromatic heterocycles. The van der Waals surface area contributed by atoms with Gasteiger partial charge in [-0.15, -0.1) is 0 Å². The zero-order valence-corrected chi connectivity index (χ0v) is 6.88. The molecule has 62 valence electrons. The van der Waals surface area contributed by atoms with Crippen molar-refractivity contribution in [3.63, 3.8) is 0 Å². The largest absolute Gasteiger partial charge is 0.298 e. The van der Waals surface area contributed by atoms with Gasteiger partial charge in [-0.3, -0.25) is 4.84 Å². The smallest absolute Gasteiger partial charge is 0.0732 e. The zero-order chi connectivity index (χ0) is 7.31. The summed E-state index contributed by atoms with van der Waals surface area (Å²) >= 11 is 0. The highest BCUT2D eigenvalue weighted by Gasteiger charge is 2.54. The number of rotatable bonds is 0. The van der Waals surface area contributed by atoms with Gasteiger partial charge in [-0.2, -0.15) is 5.06 Å². The Morgan fingerprint density at radius 3 is 3.18 bits per heavy atom. The Labute approximate surface area is 67.5 Å². The standard InChI is InChI=1S/C9H15NO/c1-3-8-7-11-10-6-2-5-9(8,10)4-1/h8H,1-7H2/t8-,9+/m1/s1. The van der Waals surface area contributed by atoms with E-state index in [0.29, 0.717) is 5.54 Å². The molecule has 2 heteroatoms. The first-order valence-electron chi connectivity index (χ1n) is 4.82. The molecule has 0 radical (unpaired) electrons. The fourth-order valence-corrected chi connectivity index (χ4v) is 3.27. The zero-order valence-electron chi connectivity index (χ0n) is 6.88. The molecule has 2 aliphatic heterocycles. The van der Waals surface area contributed by atoms with Gasteiger partial charge >= 0.3 is 0 Å². The predicted octanol–water partition coefficient (Wildman–Crippen LogP) is 1.57. The summed E-state index contributed by atoms with van der Waals surface area (Å²) in [6.07, 6.45) is 7.01. The molecule has 0 unspecified atom stereocenters. The van der Waals surface area contributed by atoms with Crippen molar-refractivity contribution in [1.82, 2.24) is 5.06 Å². The van der Waals surface area contributed by atoms with Crippen LogP contribution < -0.4 is 0 Å². The summed E-state index contributed by atoms with van der Waals surface area (Å²) in [5.74, 6) is 0.880. The van der Waals surface area contributed by atoms with Gasteiger partial charge in [-0.05, 0) is 25.7 Å². The number of hydroxylamine groups is 2. The molecule has 0 N–H and O–H groups in total. The van der Waals surface area contributed by atoms with Gasteiger partial charge in [0.15, 0.2) is 0 Å². The predicted molar refractivity (Wildman–Crippen MR) is 42.0 cm³/mol. The molecule has 2 heterocycles. The quantitative estimate of drug-likeness (QED) is 0.523. The Kier molecular flexibility index (Phi) is 1.16. The maximum absolute atomic E-state index is 5.67. The van der Waals surface area contributed by atoms with Crippen LogP contribution in [0.4, 0.5) is 0 Å². The molecule has 11 heavy (non-hydrogen) atoms. The Morgan fingerprint density at radius 1 is 1.27 bits per heavy atom. The van der Waals surface area contributed by atoms with E-state index in [4.69, 9.17) is 4.84 Å². The molecule has 0 aromatic carbocycles. The van der Waals surface area contributed by atoms with Gasteiger partial charge in [0.05, 0.1) is 12.1 Å². The van der Waals surface area contributed by atoms with E-state index >= 15 is 0 Å². The normalized spacial score (nSPS) is 49.6. The lowest BCUT2D eigenvalue weighted by atomic mass is 9.87. The molecule has 1 aliphatic carbocycles. The maximum Gasteiger partial charge on any atom is 0.0732 e. The molecule has 1 spiro atoms. The van der Waals surface area contributed by atoms with Crippen LogP contribution >= 0.6 is 0 Å². The second-order valence-corrected chi connectivity index (χ2v) is 4.19. The summed E-state index contributed by atoms with van der Waals surface area (Å²) < 4.78 is 0. The molecule has 0 aromatic rings. The summed E-state index contributed by atoms with van der Waals surface area (Å²) in [5, 5.41) is 2.30. The Morgan fingerprint density at radius 2 is 2.18 bits per heavy atom. The van der Waals surface area contributed by atoms with Crippen molar-refractivity contribution in [1.29, 1.82) is 0 Å². The number of hydrogen-bond donors (Lipinski definition) is 0. The lowest BCUT2D eigenvalue weighted by Crippen LogP contribution is -2.38. The molecule has 0 bridgehead atoms. The van der Waals surface area contributed by atoms with Crippen molar-refractivity contribution in [3.05, 3.63) is 0 Å². The van der Waals surface area contributed by atoms with Crippen molar-refractivity contribution in [2.24, 2.45) is 5.92 Å². The summed E-state index contributed by atoms with van der Waals surface area (Å²) in [4.78, 5) is 5.67. The van der Waals surface area contributed by atoms with Crippen molar-refractivity contribution < 1.29 is 4.84 Å². The van der Waals surface area contributed by atoms with Crippen LogP contribution in [0.2, 0.25) is 0 Å². The van der Waals surface area contributed by atoms with Crippen molar-refractivity contribution in [3.8, 4) is 0 Å². The van der Waals surface area contributed by atoms with E-state index in [2.05, 4.69) is 5.06 Å². The molecule has 2 atom stereocenters. The van der Waals surface area contributed by atoms with Gasteiger partial charge in [0.2, 0.25) is 0 Å². The van der Waals surface area contributed by atoms with Crippen LogP contribution in [0.15, 0.2) is 0 Å². The first-order valence-corrected chi connectivity index (χ1v) is 4.82. The topological polar surface area (TPSA) is 12.5 Å². The SMILES string of the molecule is C1C[C@@H]2CON3CCC[C@@]23C1. The van der Waals surface area contributed by atoms with Crippen LogP contribution in [-0.2, 0) is 4.84 Å². The molecule has 1 saturated carbocycles. The summed E-state index contributed by atoms with van der Waals surface area (Å²) in [7, 11) is 0. The van der Waals surface area contributed by atoms with Gasteiger partial charge in [-0.25, -0.2) is 0 Å². The molecule has 0 amide bonds. The minimum Gasteiger partial charge on any atom is -0.298 e. The lowest BCUT2D eigenvalue weighted by molar-refractivity contribution is -0.143. The lowest BCUT2D eigenvalue weighted by Gasteiger charge is -2.28. The fourth-order valence-electron chi connectivity index (χ4n) is 3.27. The van der Waals surface area contributed by atoms with E-state index in [1.54, 1.807) is 0 Å². The molecule has 2 nitrogen and oxygen atoms in total. The monoisotopic (exact) mass is 153 g/mol. The van der Waals surface area contributed by atoms with Crippen LogP contribution in [-0.4, -0.2) is 23.8 Å². The third-order valence-corrected chi connectivity index (χ3v) is 3.82. The summed E-state index contributed by atoms with van der Waals surface area (Å²) in [5.41, 5.74) is 0.528. The summed E-state index contributed by atoms with van der Waals surface area (Å²) in [6, 6.07) is 0. The van der Waals surface area contributed by atoms with E-state index in [-0.39, 0.29) is 0 Å². The Hall–Kier alpha value is -0.0800. The molecule has 3 rings (SSSR count). The van der Waals surface area contributed by atoms with Crippen LogP contribution in [0.25, 0.3) is 0 Å². The second-order valence-electron chi connectivity index (χ2n) is 4.19. The highest BCUT2D eigenvalue weighted by molar-refractivity contribution is 5.04. The molecule has 2 saturated heterocycles. The van der Waals surface area contributed by atoms with Gasteiger partial charge in [-0.1, -0.05) is 6.42 Å². The fraction of sp³-hybridized carbons (Fsp3) is 1.00. The van der Waals surface area contributed by atoms with Gasteiger partial charge < -0.3 is 0 Å². The molecule has 3 fully saturated rings. The third kappa shape index (κ3) is 0.651. The Bertz CT molecular complexity index is 160. The highest BCUT2D eigenvalue weighted by atomic mass is 16.7. The summed E-state index contributed by atoms with van der Waals surface area (Å²) in [6.45, 7) is 2.20. The van der Waals surface area contributed by atoms with Crippen LogP contribution in [0.5, 0.6) is 0 Å². The van der Waals surface area contributed by atoms with E-state index in [9.17, 15) is 0 Å². The highest BCUT2D eigenvalue weighted by Crippen LogP contribution is 2.51. The van der Waals surface area contributed by atoms with Gasteiger partial charge in [0.25, 0.3) is 0 Å². The van der Waals surface area contributed by atoms with Gasteiger partial charge in [0, 0.05) is 12.5 Å². The van der Waals surface area contributed by atoms with Crippen LogP contribution in [0.1, 0.15) is 32.1 Å². The van der Waals surface area contributed by atoms with Crippen molar-refractivity contribution in [2.45, 2.75) is 37.6 Å². The minimum absolute atomic E-state index is 0.528. The van der Waals surface area contributed by atoms with Crippen molar-refractivity contribution >= 4 is 0 Å². The Balaban J connectivity index is 1.97. The molecular formula is C9H15NO. The first-order chi connectivity index (χ1) is 5.42. The maximum atomic E-state index is 5.67. The number of nitrogens with zero attached hydrogens (tertiary/aromatic N) is 1. The van der Waals surface area contributed by atoms with E-state index in [1.807, 2.05) is 0 Å². The van der Waals surface area contributed by atoms with Crippen molar-refractivity contribution in [2.75, 3.05) is 13.2 Å².